The monoisotopic (exact) mass is 334 g/mol. The first-order valence-electron chi connectivity index (χ1n) is 8.72. The molecule has 5 nitrogen and oxygen atoms in total. The molecule has 1 fully saturated rings. The van der Waals surface area contributed by atoms with Gasteiger partial charge >= 0.3 is 6.09 Å². The molecule has 24 heavy (non-hydrogen) atoms. The van der Waals surface area contributed by atoms with Gasteiger partial charge in [0.15, 0.2) is 0 Å². The fraction of sp³-hybridized carbons (Fsp3) is 0.632. The molecule has 0 aromatic heterocycles. The molecule has 1 aromatic carbocycles. The summed E-state index contributed by atoms with van der Waals surface area (Å²) in [4.78, 5) is 16.6. The van der Waals surface area contributed by atoms with Crippen LogP contribution < -0.4 is 0 Å². The van der Waals surface area contributed by atoms with E-state index in [1.807, 2.05) is 39.0 Å². The molecule has 0 spiro atoms. The number of benzene rings is 1. The summed E-state index contributed by atoms with van der Waals surface area (Å²) >= 11 is 0. The first-order chi connectivity index (χ1) is 11.3. The lowest BCUT2D eigenvalue weighted by molar-refractivity contribution is -0.0281. The molecule has 134 valence electrons. The van der Waals surface area contributed by atoms with Crippen LogP contribution in [0.3, 0.4) is 0 Å². The van der Waals surface area contributed by atoms with E-state index in [1.165, 1.54) is 5.56 Å². The number of carbonyl (C=O) groups is 1. The van der Waals surface area contributed by atoms with E-state index in [-0.39, 0.29) is 24.8 Å². The van der Waals surface area contributed by atoms with E-state index in [9.17, 15) is 9.90 Å². The highest BCUT2D eigenvalue weighted by atomic mass is 16.6. The summed E-state index contributed by atoms with van der Waals surface area (Å²) in [6, 6.07) is 10.3. The van der Waals surface area contributed by atoms with Crippen molar-refractivity contribution in [2.75, 3.05) is 19.7 Å². The van der Waals surface area contributed by atoms with E-state index in [1.54, 1.807) is 4.90 Å². The van der Waals surface area contributed by atoms with E-state index in [0.717, 1.165) is 19.5 Å². The summed E-state index contributed by atoms with van der Waals surface area (Å²) in [5.41, 5.74) is 0.710. The first-order valence-corrected chi connectivity index (χ1v) is 8.72. The zero-order valence-corrected chi connectivity index (χ0v) is 15.2. The zero-order valence-electron chi connectivity index (χ0n) is 15.2. The van der Waals surface area contributed by atoms with Crippen molar-refractivity contribution in [3.05, 3.63) is 35.9 Å². The Balaban J connectivity index is 2.09. The molecule has 1 aromatic rings. The maximum atomic E-state index is 12.5. The normalized spacial score (nSPS) is 22.5. The van der Waals surface area contributed by atoms with Crippen molar-refractivity contribution in [1.29, 1.82) is 0 Å². The van der Waals surface area contributed by atoms with Crippen LogP contribution in [0.5, 0.6) is 0 Å². The van der Waals surface area contributed by atoms with Crippen LogP contribution in [0, 0.1) is 0 Å². The standard InChI is InChI=1S/C19H30N2O3/c1-5-16-12-20(11-15-9-7-6-8-10-15)17(14-22)13-21(16)18(23)24-19(2,3)4/h6-10,16-17,22H,5,11-14H2,1-4H3/t16-,17+/m1/s1. The van der Waals surface area contributed by atoms with Crippen molar-refractivity contribution in [2.24, 2.45) is 0 Å². The molecule has 1 amide bonds. The SMILES string of the molecule is CC[C@@H]1CN(Cc2ccccc2)[C@H](CO)CN1C(=O)OC(C)(C)C. The molecule has 0 unspecified atom stereocenters. The lowest BCUT2D eigenvalue weighted by Crippen LogP contribution is -2.61. The second-order valence-corrected chi connectivity index (χ2v) is 7.45. The van der Waals surface area contributed by atoms with Gasteiger partial charge in [-0.25, -0.2) is 4.79 Å². The largest absolute Gasteiger partial charge is 0.444 e. The molecule has 2 rings (SSSR count). The predicted octanol–water partition coefficient (Wildman–Crippen LogP) is 2.88. The van der Waals surface area contributed by atoms with Gasteiger partial charge in [0.2, 0.25) is 0 Å². The number of aliphatic hydroxyl groups excluding tert-OH is 1. The first kappa shape index (κ1) is 18.7. The molecular formula is C19H30N2O3. The summed E-state index contributed by atoms with van der Waals surface area (Å²) < 4.78 is 5.54. The Kier molecular flexibility index (Phi) is 6.24. The van der Waals surface area contributed by atoms with E-state index in [0.29, 0.717) is 6.54 Å². The van der Waals surface area contributed by atoms with Crippen molar-refractivity contribution in [3.8, 4) is 0 Å². The molecule has 1 aliphatic rings. The molecule has 0 radical (unpaired) electrons. The van der Waals surface area contributed by atoms with Gasteiger partial charge in [-0.05, 0) is 32.8 Å². The molecule has 5 heteroatoms. The zero-order chi connectivity index (χ0) is 17.7. The lowest BCUT2D eigenvalue weighted by atomic mass is 10.0. The van der Waals surface area contributed by atoms with Crippen LogP contribution in [0.1, 0.15) is 39.7 Å². The van der Waals surface area contributed by atoms with Gasteiger partial charge in [-0.3, -0.25) is 4.90 Å². The number of amides is 1. The van der Waals surface area contributed by atoms with Crippen molar-refractivity contribution < 1.29 is 14.6 Å². The minimum Gasteiger partial charge on any atom is -0.444 e. The minimum absolute atomic E-state index is 0.0303. The average molecular weight is 334 g/mol. The van der Waals surface area contributed by atoms with Crippen molar-refractivity contribution in [1.82, 2.24) is 9.80 Å². The Bertz CT molecular complexity index is 527. The number of ether oxygens (including phenoxy) is 1. The van der Waals surface area contributed by atoms with Gasteiger partial charge in [0.25, 0.3) is 0 Å². The van der Waals surface area contributed by atoms with Crippen molar-refractivity contribution >= 4 is 6.09 Å². The van der Waals surface area contributed by atoms with Gasteiger partial charge in [-0.15, -0.1) is 0 Å². The fourth-order valence-electron chi connectivity index (χ4n) is 3.09. The molecule has 2 atom stereocenters. The summed E-state index contributed by atoms with van der Waals surface area (Å²) in [5.74, 6) is 0. The molecule has 0 bridgehead atoms. The number of hydrogen-bond acceptors (Lipinski definition) is 4. The molecule has 0 saturated carbocycles. The van der Waals surface area contributed by atoms with Crippen molar-refractivity contribution in [3.63, 3.8) is 0 Å². The highest BCUT2D eigenvalue weighted by Gasteiger charge is 2.37. The van der Waals surface area contributed by atoms with Gasteiger partial charge in [0.1, 0.15) is 5.60 Å². The molecule has 0 aliphatic carbocycles. The highest BCUT2D eigenvalue weighted by Crippen LogP contribution is 2.22. The van der Waals surface area contributed by atoms with E-state index < -0.39 is 5.60 Å². The third-order valence-corrected chi connectivity index (χ3v) is 4.35. The Labute approximate surface area is 145 Å². The van der Waals surface area contributed by atoms with Gasteiger partial charge < -0.3 is 14.7 Å². The van der Waals surface area contributed by atoms with E-state index in [4.69, 9.17) is 4.74 Å². The van der Waals surface area contributed by atoms with Crippen LogP contribution in [-0.4, -0.2) is 58.4 Å². The van der Waals surface area contributed by atoms with Crippen LogP contribution in [0.25, 0.3) is 0 Å². The predicted molar refractivity (Wildman–Crippen MR) is 94.7 cm³/mol. The van der Waals surface area contributed by atoms with Gasteiger partial charge in [-0.1, -0.05) is 37.3 Å². The molecule has 1 heterocycles. The number of hydrogen-bond donors (Lipinski definition) is 1. The van der Waals surface area contributed by atoms with Crippen LogP contribution in [0.2, 0.25) is 0 Å². The van der Waals surface area contributed by atoms with E-state index >= 15 is 0 Å². The van der Waals surface area contributed by atoms with Crippen LogP contribution >= 0.6 is 0 Å². The Morgan fingerprint density at radius 1 is 1.21 bits per heavy atom. The van der Waals surface area contributed by atoms with Gasteiger partial charge in [-0.2, -0.15) is 0 Å². The van der Waals surface area contributed by atoms with Crippen LogP contribution in [0.4, 0.5) is 4.79 Å². The number of piperazine rings is 1. The summed E-state index contributed by atoms with van der Waals surface area (Å²) in [7, 11) is 0. The third kappa shape index (κ3) is 4.95. The summed E-state index contributed by atoms with van der Waals surface area (Å²) in [6.45, 7) is 9.77. The second-order valence-electron chi connectivity index (χ2n) is 7.45. The lowest BCUT2D eigenvalue weighted by Gasteiger charge is -2.45. The third-order valence-electron chi connectivity index (χ3n) is 4.35. The van der Waals surface area contributed by atoms with Crippen LogP contribution in [0.15, 0.2) is 30.3 Å². The molecule has 1 N–H and O–H groups in total. The second kappa shape index (κ2) is 7.99. The van der Waals surface area contributed by atoms with Crippen LogP contribution in [-0.2, 0) is 11.3 Å². The number of nitrogens with zero attached hydrogens (tertiary/aromatic N) is 2. The fourth-order valence-corrected chi connectivity index (χ4v) is 3.09. The summed E-state index contributed by atoms with van der Waals surface area (Å²) in [6.07, 6.45) is 0.579. The Morgan fingerprint density at radius 2 is 1.88 bits per heavy atom. The maximum absolute atomic E-state index is 12.5. The molecule has 1 aliphatic heterocycles. The van der Waals surface area contributed by atoms with Gasteiger partial charge in [0, 0.05) is 25.7 Å². The Hall–Kier alpha value is -1.59. The minimum atomic E-state index is -0.509. The average Bonchev–Trinajstić information content (AvgIpc) is 2.53. The quantitative estimate of drug-likeness (QED) is 0.920. The summed E-state index contributed by atoms with van der Waals surface area (Å²) in [5, 5.41) is 9.81. The number of rotatable bonds is 4. The van der Waals surface area contributed by atoms with Gasteiger partial charge in [0.05, 0.1) is 12.6 Å². The topological polar surface area (TPSA) is 53.0 Å². The maximum Gasteiger partial charge on any atom is 0.410 e. The number of carbonyl (C=O) groups excluding carboxylic acids is 1. The van der Waals surface area contributed by atoms with E-state index in [2.05, 4.69) is 24.0 Å². The Morgan fingerprint density at radius 3 is 2.42 bits per heavy atom. The molecule has 1 saturated heterocycles. The smallest absolute Gasteiger partial charge is 0.410 e. The molecular weight excluding hydrogens is 304 g/mol. The highest BCUT2D eigenvalue weighted by molar-refractivity contribution is 5.68. The van der Waals surface area contributed by atoms with Crippen molar-refractivity contribution in [2.45, 2.75) is 58.3 Å². The number of aliphatic hydroxyl groups is 1.